The molecule has 0 unspecified atom stereocenters. The molecule has 1 aliphatic carbocycles. The number of para-hydroxylation sites is 1. The number of non-ortho nitro benzene ring substituents is 2. The van der Waals surface area contributed by atoms with Crippen molar-refractivity contribution in [2.45, 2.75) is 32.1 Å². The van der Waals surface area contributed by atoms with Gasteiger partial charge in [-0.2, -0.15) is 0 Å². The van der Waals surface area contributed by atoms with Crippen LogP contribution in [-0.2, 0) is 5.41 Å². The number of benzene rings is 7. The summed E-state index contributed by atoms with van der Waals surface area (Å²) in [7, 11) is 0. The third-order valence-electron chi connectivity index (χ3n) is 11.1. The predicted octanol–water partition coefficient (Wildman–Crippen LogP) is 13.9. The molecule has 59 heavy (non-hydrogen) atoms. The minimum Gasteiger partial charge on any atom is -0.457 e. The highest BCUT2D eigenvalue weighted by Crippen LogP contribution is 2.55. The summed E-state index contributed by atoms with van der Waals surface area (Å²) in [5.41, 5.74) is 9.35. The van der Waals surface area contributed by atoms with Gasteiger partial charge in [-0.25, -0.2) is 4.98 Å². The Morgan fingerprint density at radius 3 is 1.64 bits per heavy atom. The average molecular weight is 797 g/mol. The second kappa shape index (κ2) is 15.2. The molecule has 1 aromatic heterocycles. The van der Waals surface area contributed by atoms with Gasteiger partial charge >= 0.3 is 0 Å². The largest absolute Gasteiger partial charge is 0.457 e. The molecular formula is C48H36N4O6S. The molecule has 290 valence electrons. The van der Waals surface area contributed by atoms with Crippen LogP contribution in [0.3, 0.4) is 0 Å². The first-order valence-corrected chi connectivity index (χ1v) is 20.0. The van der Waals surface area contributed by atoms with E-state index < -0.39 is 9.85 Å². The maximum Gasteiger partial charge on any atom is 0.269 e. The lowest BCUT2D eigenvalue weighted by Crippen LogP contribution is -2.23. The third-order valence-corrected chi connectivity index (χ3v) is 12.2. The number of ether oxygens (including phenoxy) is 2. The molecule has 10 nitrogen and oxygen atoms in total. The molecular weight excluding hydrogens is 761 g/mol. The Morgan fingerprint density at radius 1 is 0.576 bits per heavy atom. The van der Waals surface area contributed by atoms with Crippen molar-refractivity contribution in [2.24, 2.45) is 0 Å². The van der Waals surface area contributed by atoms with Crippen LogP contribution in [0.25, 0.3) is 31.9 Å². The quantitative estimate of drug-likeness (QED) is 0.0885. The Balaban J connectivity index is 1.13. The number of nitro groups is 2. The van der Waals surface area contributed by atoms with Crippen LogP contribution in [0.5, 0.6) is 23.0 Å². The molecule has 0 atom stereocenters. The van der Waals surface area contributed by atoms with Crippen molar-refractivity contribution in [1.82, 2.24) is 4.98 Å². The summed E-state index contributed by atoms with van der Waals surface area (Å²) < 4.78 is 13.6. The van der Waals surface area contributed by atoms with Gasteiger partial charge in [0.25, 0.3) is 11.4 Å². The number of anilines is 3. The first kappa shape index (κ1) is 37.2. The van der Waals surface area contributed by atoms with Crippen molar-refractivity contribution in [3.8, 4) is 44.7 Å². The Morgan fingerprint density at radius 2 is 1.10 bits per heavy atom. The molecule has 9 rings (SSSR count). The third kappa shape index (κ3) is 6.91. The molecule has 0 saturated carbocycles. The van der Waals surface area contributed by atoms with Crippen LogP contribution < -0.4 is 14.4 Å². The molecule has 11 heteroatoms. The van der Waals surface area contributed by atoms with Gasteiger partial charge in [0.1, 0.15) is 28.0 Å². The molecule has 0 N–H and O–H groups in total. The fraction of sp³-hybridized carbons (Fsp3) is 0.104. The minimum absolute atomic E-state index is 0.0185. The highest BCUT2D eigenvalue weighted by molar-refractivity contribution is 7.21. The number of aromatic nitrogens is 1. The first-order chi connectivity index (χ1) is 28.7. The van der Waals surface area contributed by atoms with Crippen molar-refractivity contribution < 1.29 is 19.3 Å². The summed E-state index contributed by atoms with van der Waals surface area (Å²) in [6.45, 7) is 4.52. The van der Waals surface area contributed by atoms with E-state index in [9.17, 15) is 20.2 Å². The molecule has 7 aromatic carbocycles. The number of thiazole rings is 1. The van der Waals surface area contributed by atoms with Crippen LogP contribution in [0.2, 0.25) is 0 Å². The van der Waals surface area contributed by atoms with Crippen molar-refractivity contribution in [1.29, 1.82) is 0 Å². The van der Waals surface area contributed by atoms with E-state index in [-0.39, 0.29) is 16.8 Å². The van der Waals surface area contributed by atoms with Crippen molar-refractivity contribution in [3.05, 3.63) is 189 Å². The van der Waals surface area contributed by atoms with Crippen LogP contribution >= 0.6 is 11.3 Å². The fourth-order valence-electron chi connectivity index (χ4n) is 8.13. The topological polar surface area (TPSA) is 121 Å². The van der Waals surface area contributed by atoms with E-state index in [2.05, 4.69) is 67.3 Å². The summed E-state index contributed by atoms with van der Waals surface area (Å²) in [5, 5.41) is 23.5. The van der Waals surface area contributed by atoms with Crippen LogP contribution in [0, 0.1) is 20.2 Å². The first-order valence-electron chi connectivity index (χ1n) is 19.2. The summed E-state index contributed by atoms with van der Waals surface area (Å²) in [6.07, 6.45) is 1.79. The van der Waals surface area contributed by atoms with Gasteiger partial charge in [-0.15, -0.1) is 11.3 Å². The molecule has 0 fully saturated rings. The van der Waals surface area contributed by atoms with Crippen molar-refractivity contribution in [3.63, 3.8) is 0 Å². The van der Waals surface area contributed by atoms with E-state index in [4.69, 9.17) is 14.5 Å². The van der Waals surface area contributed by atoms with Crippen LogP contribution in [0.1, 0.15) is 37.8 Å². The number of nitro benzene ring substituents is 2. The maximum atomic E-state index is 11.3. The summed E-state index contributed by atoms with van der Waals surface area (Å²) in [6, 6.07) is 49.1. The normalized spacial score (nSPS) is 12.4. The number of rotatable bonds is 12. The van der Waals surface area contributed by atoms with Gasteiger partial charge in [-0.05, 0) is 114 Å². The smallest absolute Gasteiger partial charge is 0.269 e. The fourth-order valence-corrected chi connectivity index (χ4v) is 9.09. The lowest BCUT2D eigenvalue weighted by molar-refractivity contribution is -0.385. The van der Waals surface area contributed by atoms with E-state index in [0.717, 1.165) is 50.7 Å². The van der Waals surface area contributed by atoms with Crippen LogP contribution in [0.15, 0.2) is 158 Å². The summed E-state index contributed by atoms with van der Waals surface area (Å²) in [5.74, 6) is 2.03. The molecule has 8 aromatic rings. The summed E-state index contributed by atoms with van der Waals surface area (Å²) in [4.78, 5) is 28.8. The lowest BCUT2D eigenvalue weighted by Gasteiger charge is -2.32. The molecule has 0 bridgehead atoms. The lowest BCUT2D eigenvalue weighted by atomic mass is 9.73. The Kier molecular flexibility index (Phi) is 9.58. The highest BCUT2D eigenvalue weighted by atomic mass is 32.1. The SMILES string of the molecule is CCC1(CC)c2cc(-c3nc4ccccc4s3)ccc2-c2ccc(N(c3cccc(Oc4ccc([N+](=O)[O-])cc4)c3)c3cccc(Oc4ccc([N+](=O)[O-])cc4)c3)cc21. The van der Waals surface area contributed by atoms with Gasteiger partial charge in [0.05, 0.1) is 20.1 Å². The van der Waals surface area contributed by atoms with Gasteiger partial charge < -0.3 is 14.4 Å². The molecule has 0 aliphatic heterocycles. The standard InChI is InChI=1S/C48H36N4O6S/c1-3-48(4-2)43-27-31(47-49-45-13-5-6-14-46(45)59-47)15-25-41(43)42-26-20-36(30-44(42)48)50(34-9-7-11-39(28-34)57-37-21-16-32(17-22-37)51(53)54)35-10-8-12-40(29-35)58-38-23-18-33(19-24-38)52(55)56/h5-30H,3-4H2,1-2H3. The number of fused-ring (bicyclic) bond motifs is 4. The number of nitrogens with zero attached hydrogens (tertiary/aromatic N) is 4. The zero-order valence-electron chi connectivity index (χ0n) is 32.1. The van der Waals surface area contributed by atoms with Gasteiger partial charge in [0, 0.05) is 64.4 Å². The van der Waals surface area contributed by atoms with Gasteiger partial charge in [-0.3, -0.25) is 20.2 Å². The monoisotopic (exact) mass is 796 g/mol. The number of hydrogen-bond acceptors (Lipinski definition) is 9. The molecule has 0 saturated heterocycles. The zero-order valence-corrected chi connectivity index (χ0v) is 32.9. The zero-order chi connectivity index (χ0) is 40.7. The highest BCUT2D eigenvalue weighted by Gasteiger charge is 2.41. The van der Waals surface area contributed by atoms with Crippen molar-refractivity contribution in [2.75, 3.05) is 4.90 Å². The van der Waals surface area contributed by atoms with Crippen molar-refractivity contribution >= 4 is 50.0 Å². The van der Waals surface area contributed by atoms with Gasteiger partial charge in [0.15, 0.2) is 0 Å². The van der Waals surface area contributed by atoms with Gasteiger partial charge in [-0.1, -0.05) is 56.3 Å². The molecule has 1 heterocycles. The number of hydrogen-bond donors (Lipinski definition) is 0. The minimum atomic E-state index is -0.440. The average Bonchev–Trinajstić information content (AvgIpc) is 3.81. The molecule has 0 amide bonds. The van der Waals surface area contributed by atoms with Gasteiger partial charge in [0.2, 0.25) is 0 Å². The second-order valence-electron chi connectivity index (χ2n) is 14.3. The van der Waals surface area contributed by atoms with Crippen LogP contribution in [0.4, 0.5) is 28.4 Å². The van der Waals surface area contributed by atoms with Crippen LogP contribution in [-0.4, -0.2) is 14.8 Å². The Bertz CT molecular complexity index is 2750. The van der Waals surface area contributed by atoms with E-state index in [0.29, 0.717) is 23.0 Å². The second-order valence-corrected chi connectivity index (χ2v) is 15.3. The maximum absolute atomic E-state index is 11.3. The molecule has 0 spiro atoms. The van der Waals surface area contributed by atoms with E-state index in [1.54, 1.807) is 35.6 Å². The van der Waals surface area contributed by atoms with E-state index in [1.807, 2.05) is 60.7 Å². The Hall–Kier alpha value is -7.37. The predicted molar refractivity (Wildman–Crippen MR) is 233 cm³/mol. The Labute approximate surface area is 343 Å². The van der Waals surface area contributed by atoms with E-state index in [1.165, 1.54) is 46.5 Å². The van der Waals surface area contributed by atoms with E-state index >= 15 is 0 Å². The molecule has 1 aliphatic rings. The summed E-state index contributed by atoms with van der Waals surface area (Å²) >= 11 is 1.71. The molecule has 0 radical (unpaired) electrons.